The molecule has 2 aromatic carbocycles. The molecule has 3 aromatic rings. The molecular weight excluding hydrogens is 392 g/mol. The van der Waals surface area contributed by atoms with Crippen molar-refractivity contribution < 1.29 is 14.1 Å². The largest absolute Gasteiger partial charge is 0.606 e. The third-order valence-corrected chi connectivity index (χ3v) is 6.97. The highest BCUT2D eigenvalue weighted by atomic mass is 32.2. The van der Waals surface area contributed by atoms with Gasteiger partial charge in [-0.05, 0) is 48.7 Å². The molecule has 142 valence electrons. The van der Waals surface area contributed by atoms with E-state index in [-0.39, 0.29) is 11.8 Å². The smallest absolute Gasteiger partial charge is 0.263 e. The zero-order chi connectivity index (χ0) is 19.7. The highest BCUT2D eigenvalue weighted by Crippen LogP contribution is 2.37. The third-order valence-electron chi connectivity index (χ3n) is 4.59. The summed E-state index contributed by atoms with van der Waals surface area (Å²) < 4.78 is 13.1. The van der Waals surface area contributed by atoms with E-state index in [9.17, 15) is 14.1 Å². The van der Waals surface area contributed by atoms with Gasteiger partial charge in [0.2, 0.25) is 0 Å². The average molecular weight is 411 g/mol. The predicted octanol–water partition coefficient (Wildman–Crippen LogP) is 3.82. The number of nitrogens with zero attached hydrogens (tertiary/aromatic N) is 1. The van der Waals surface area contributed by atoms with Crippen molar-refractivity contribution in [2.24, 2.45) is 0 Å². The lowest BCUT2D eigenvalue weighted by Gasteiger charge is -2.20. The van der Waals surface area contributed by atoms with Crippen molar-refractivity contribution in [3.63, 3.8) is 0 Å². The van der Waals surface area contributed by atoms with Gasteiger partial charge in [0.1, 0.15) is 5.69 Å². The normalized spacial score (nSPS) is 15.6. The summed E-state index contributed by atoms with van der Waals surface area (Å²) in [5.41, 5.74) is 1.39. The van der Waals surface area contributed by atoms with Gasteiger partial charge < -0.3 is 14.8 Å². The number of nitrogens with one attached hydrogen (secondary N) is 1. The Morgan fingerprint density at radius 1 is 1.14 bits per heavy atom. The molecule has 2 amide bonds. The highest BCUT2D eigenvalue weighted by molar-refractivity contribution is 7.91. The van der Waals surface area contributed by atoms with Crippen molar-refractivity contribution in [3.8, 4) is 0 Å². The number of carbonyl (C=O) groups is 2. The van der Waals surface area contributed by atoms with Crippen LogP contribution in [0.2, 0.25) is 0 Å². The van der Waals surface area contributed by atoms with Crippen LogP contribution < -0.4 is 10.2 Å². The first-order chi connectivity index (χ1) is 13.6. The first-order valence-corrected chi connectivity index (χ1v) is 10.9. The Balaban J connectivity index is 1.70. The van der Waals surface area contributed by atoms with Gasteiger partial charge in [-0.25, -0.2) is 0 Å². The van der Waals surface area contributed by atoms with Crippen LogP contribution in [0.3, 0.4) is 0 Å². The van der Waals surface area contributed by atoms with E-state index in [0.29, 0.717) is 39.7 Å². The Kier molecular flexibility index (Phi) is 5.21. The average Bonchev–Trinajstić information content (AvgIpc) is 3.23. The second-order valence-electron chi connectivity index (χ2n) is 6.26. The van der Waals surface area contributed by atoms with E-state index >= 15 is 0 Å². The van der Waals surface area contributed by atoms with Crippen LogP contribution in [-0.4, -0.2) is 22.9 Å². The molecule has 7 heteroatoms. The van der Waals surface area contributed by atoms with Crippen LogP contribution in [0, 0.1) is 0 Å². The first-order valence-electron chi connectivity index (χ1n) is 8.87. The van der Waals surface area contributed by atoms with Gasteiger partial charge in [-0.15, -0.1) is 11.3 Å². The molecule has 0 aliphatic carbocycles. The summed E-state index contributed by atoms with van der Waals surface area (Å²) in [5.74, 6) is -0.436. The van der Waals surface area contributed by atoms with Crippen molar-refractivity contribution >= 4 is 40.0 Å². The number of carbonyl (C=O) groups excluding carboxylic acids is 2. The molecule has 1 aliphatic heterocycles. The topological polar surface area (TPSA) is 72.5 Å². The quantitative estimate of drug-likeness (QED) is 0.665. The van der Waals surface area contributed by atoms with Crippen molar-refractivity contribution in [3.05, 3.63) is 76.0 Å². The molecule has 0 spiro atoms. The van der Waals surface area contributed by atoms with Crippen LogP contribution in [0.1, 0.15) is 32.5 Å². The summed E-state index contributed by atoms with van der Waals surface area (Å²) >= 11 is 0.0829. The number of fused-ring (bicyclic) bond motifs is 2. The first kappa shape index (κ1) is 18.7. The molecule has 1 N–H and O–H groups in total. The second-order valence-corrected chi connectivity index (χ2v) is 8.71. The SMILES string of the molecule is CCN1C(=O)c2ccccc2[S+]([O-])c2ccc(C(=O)NCc3cccs3)cc21. The van der Waals surface area contributed by atoms with Crippen LogP contribution in [0.4, 0.5) is 5.69 Å². The van der Waals surface area contributed by atoms with Gasteiger partial charge in [-0.1, -0.05) is 18.2 Å². The van der Waals surface area contributed by atoms with Crippen molar-refractivity contribution in [2.45, 2.75) is 23.3 Å². The minimum Gasteiger partial charge on any atom is -0.606 e. The summed E-state index contributed by atoms with van der Waals surface area (Å²) in [5, 5.41) is 4.85. The molecule has 1 unspecified atom stereocenters. The Morgan fingerprint density at radius 3 is 2.71 bits per heavy atom. The second kappa shape index (κ2) is 7.79. The van der Waals surface area contributed by atoms with Crippen LogP contribution in [0.5, 0.6) is 0 Å². The van der Waals surface area contributed by atoms with Gasteiger partial charge in [-0.2, -0.15) is 0 Å². The Morgan fingerprint density at radius 2 is 1.96 bits per heavy atom. The summed E-state index contributed by atoms with van der Waals surface area (Å²) in [4.78, 5) is 29.3. The standard InChI is InChI=1S/C21H18N2O3S2/c1-2-23-17-12-14(20(24)22-13-15-6-5-11-27-15)9-10-19(17)28(26)18-8-4-3-7-16(18)21(23)25/h3-12H,2,13H2,1H3,(H,22,24). The van der Waals surface area contributed by atoms with Gasteiger partial charge >= 0.3 is 0 Å². The number of thiophene rings is 1. The number of rotatable bonds is 4. The molecular formula is C21H18N2O3S2. The molecule has 0 saturated heterocycles. The minimum atomic E-state index is -1.49. The molecule has 1 atom stereocenters. The number of amides is 2. The molecule has 1 aliphatic rings. The maximum Gasteiger partial charge on any atom is 0.263 e. The van der Waals surface area contributed by atoms with E-state index in [1.165, 1.54) is 0 Å². The molecule has 0 radical (unpaired) electrons. The van der Waals surface area contributed by atoms with E-state index < -0.39 is 11.2 Å². The van der Waals surface area contributed by atoms with Gasteiger partial charge in [0, 0.05) is 28.2 Å². The minimum absolute atomic E-state index is 0.207. The number of anilines is 1. The monoisotopic (exact) mass is 410 g/mol. The van der Waals surface area contributed by atoms with E-state index in [2.05, 4.69) is 5.32 Å². The van der Waals surface area contributed by atoms with E-state index in [0.717, 1.165) is 4.88 Å². The summed E-state index contributed by atoms with van der Waals surface area (Å²) in [7, 11) is 0. The Labute approximate surface area is 170 Å². The molecule has 0 bridgehead atoms. The van der Waals surface area contributed by atoms with Crippen LogP contribution in [0.25, 0.3) is 0 Å². The maximum absolute atomic E-state index is 13.1. The maximum atomic E-state index is 13.1. The Hall–Kier alpha value is -2.61. The fourth-order valence-corrected chi connectivity index (χ4v) is 5.19. The lowest BCUT2D eigenvalue weighted by atomic mass is 10.1. The van der Waals surface area contributed by atoms with Crippen molar-refractivity contribution in [1.29, 1.82) is 0 Å². The molecule has 5 nitrogen and oxygen atoms in total. The summed E-state index contributed by atoms with van der Waals surface area (Å²) in [6, 6.07) is 15.8. The van der Waals surface area contributed by atoms with E-state index in [1.807, 2.05) is 24.4 Å². The van der Waals surface area contributed by atoms with Gasteiger partial charge in [0.25, 0.3) is 11.8 Å². The van der Waals surface area contributed by atoms with Crippen LogP contribution in [-0.2, 0) is 17.7 Å². The van der Waals surface area contributed by atoms with Gasteiger partial charge in [0.05, 0.1) is 12.1 Å². The molecule has 0 saturated carbocycles. The molecule has 1 aromatic heterocycles. The highest BCUT2D eigenvalue weighted by Gasteiger charge is 2.35. The summed E-state index contributed by atoms with van der Waals surface area (Å²) in [6.45, 7) is 2.72. The zero-order valence-electron chi connectivity index (χ0n) is 15.2. The molecule has 4 rings (SSSR count). The van der Waals surface area contributed by atoms with Gasteiger partial charge in [-0.3, -0.25) is 9.59 Å². The molecule has 2 heterocycles. The van der Waals surface area contributed by atoms with Crippen LogP contribution in [0.15, 0.2) is 69.8 Å². The molecule has 0 fully saturated rings. The zero-order valence-corrected chi connectivity index (χ0v) is 16.8. The van der Waals surface area contributed by atoms with Crippen LogP contribution >= 0.6 is 11.3 Å². The number of benzene rings is 2. The predicted molar refractivity (Wildman–Crippen MR) is 110 cm³/mol. The van der Waals surface area contributed by atoms with E-state index in [4.69, 9.17) is 0 Å². The lowest BCUT2D eigenvalue weighted by molar-refractivity contribution is 0.0948. The summed E-state index contributed by atoms with van der Waals surface area (Å²) in [6.07, 6.45) is 0. The number of hydrogen-bond acceptors (Lipinski definition) is 4. The molecule has 28 heavy (non-hydrogen) atoms. The number of hydrogen-bond donors (Lipinski definition) is 1. The van der Waals surface area contributed by atoms with Crippen molar-refractivity contribution in [2.75, 3.05) is 11.4 Å². The fourth-order valence-electron chi connectivity index (χ4n) is 3.20. The van der Waals surface area contributed by atoms with Gasteiger partial charge in [0.15, 0.2) is 9.79 Å². The lowest BCUT2D eigenvalue weighted by Crippen LogP contribution is -2.31. The Bertz CT molecular complexity index is 1030. The third kappa shape index (κ3) is 3.32. The van der Waals surface area contributed by atoms with E-state index in [1.54, 1.807) is 58.7 Å². The fraction of sp³-hybridized carbons (Fsp3) is 0.143. The van der Waals surface area contributed by atoms with Crippen molar-refractivity contribution in [1.82, 2.24) is 5.32 Å².